The molecular weight excluding hydrogens is 621 g/mol. The Kier molecular flexibility index (Phi) is 11.9. The summed E-state index contributed by atoms with van der Waals surface area (Å²) in [6.07, 6.45) is 4.18. The molecule has 47 heavy (non-hydrogen) atoms. The topological polar surface area (TPSA) is 113 Å². The Hall–Kier alpha value is -4.49. The number of rotatable bonds is 13. The molecule has 0 aliphatic heterocycles. The van der Waals surface area contributed by atoms with Gasteiger partial charge in [0.05, 0.1) is 17.7 Å². The molecule has 4 rings (SSSR count). The van der Waals surface area contributed by atoms with Crippen LogP contribution in [0.1, 0.15) is 56.9 Å². The lowest BCUT2D eigenvalue weighted by molar-refractivity contribution is -0.158. The average molecular weight is 660 g/mol. The predicted molar refractivity (Wildman–Crippen MR) is 181 cm³/mol. The van der Waals surface area contributed by atoms with Crippen LogP contribution in [0.4, 0.5) is 4.39 Å². The Morgan fingerprint density at radius 3 is 2.64 bits per heavy atom. The predicted octanol–water partition coefficient (Wildman–Crippen LogP) is 7.44. The van der Waals surface area contributed by atoms with Gasteiger partial charge in [0.1, 0.15) is 41.7 Å². The molecule has 0 saturated carbocycles. The first-order chi connectivity index (χ1) is 22.4. The number of nitrogens with zero attached hydrogens (tertiary/aromatic N) is 2. The van der Waals surface area contributed by atoms with Gasteiger partial charge in [0.2, 0.25) is 0 Å². The molecule has 0 unspecified atom stereocenters. The number of aliphatic hydroxyl groups excluding tert-OH is 1. The van der Waals surface area contributed by atoms with Crippen molar-refractivity contribution in [2.24, 2.45) is 4.99 Å². The molecule has 0 amide bonds. The number of hydrogen-bond acceptors (Lipinski definition) is 8. The summed E-state index contributed by atoms with van der Waals surface area (Å²) < 4.78 is 32.8. The summed E-state index contributed by atoms with van der Waals surface area (Å²) >= 11 is 6.77. The highest BCUT2D eigenvalue weighted by molar-refractivity contribution is 6.32. The molecule has 0 heterocycles. The van der Waals surface area contributed by atoms with E-state index >= 15 is 0 Å². The van der Waals surface area contributed by atoms with E-state index in [0.717, 1.165) is 16.7 Å². The second kappa shape index (κ2) is 15.9. The molecule has 0 fully saturated rings. The number of nitriles is 1. The lowest BCUT2D eigenvalue weighted by atomic mass is 9.96. The van der Waals surface area contributed by atoms with E-state index in [9.17, 15) is 19.6 Å². The van der Waals surface area contributed by atoms with Crippen LogP contribution >= 0.6 is 11.6 Å². The molecule has 0 radical (unpaired) electrons. The van der Waals surface area contributed by atoms with Crippen molar-refractivity contribution in [1.82, 2.24) is 5.32 Å². The number of halogens is 2. The summed E-state index contributed by atoms with van der Waals surface area (Å²) in [6, 6.07) is 17.0. The maximum absolute atomic E-state index is 14.7. The highest BCUT2D eigenvalue weighted by Gasteiger charge is 2.29. The minimum absolute atomic E-state index is 0.0415. The van der Waals surface area contributed by atoms with Crippen LogP contribution in [-0.2, 0) is 22.5 Å². The maximum atomic E-state index is 14.7. The smallest absolute Gasteiger partial charge is 0.326 e. The molecule has 3 aromatic rings. The third kappa shape index (κ3) is 9.29. The molecule has 2 N–H and O–H groups in total. The van der Waals surface area contributed by atoms with Gasteiger partial charge in [-0.3, -0.25) is 15.1 Å². The summed E-state index contributed by atoms with van der Waals surface area (Å²) in [5.41, 5.74) is 4.28. The van der Waals surface area contributed by atoms with Crippen molar-refractivity contribution in [2.45, 2.75) is 64.8 Å². The summed E-state index contributed by atoms with van der Waals surface area (Å²) in [7, 11) is 0. The number of benzene rings is 3. The summed E-state index contributed by atoms with van der Waals surface area (Å²) in [5, 5.41) is 22.5. The van der Waals surface area contributed by atoms with E-state index in [-0.39, 0.29) is 25.1 Å². The molecule has 0 bridgehead atoms. The van der Waals surface area contributed by atoms with Gasteiger partial charge in [0.25, 0.3) is 0 Å². The molecule has 0 saturated heterocycles. The molecule has 246 valence electrons. The number of allylic oxidation sites excluding steroid dienone is 1. The maximum Gasteiger partial charge on any atom is 0.326 e. The number of ether oxygens (including phenoxy) is 3. The number of nitrogens with one attached hydrogen (secondary N) is 1. The first-order valence-corrected chi connectivity index (χ1v) is 15.6. The second-order valence-electron chi connectivity index (χ2n) is 12.2. The third-order valence-corrected chi connectivity index (χ3v) is 7.70. The zero-order valence-electron chi connectivity index (χ0n) is 27.0. The van der Waals surface area contributed by atoms with Crippen molar-refractivity contribution < 1.29 is 28.5 Å². The van der Waals surface area contributed by atoms with Gasteiger partial charge in [0.15, 0.2) is 0 Å². The third-order valence-electron chi connectivity index (χ3n) is 7.41. The van der Waals surface area contributed by atoms with Gasteiger partial charge in [-0.1, -0.05) is 48.0 Å². The Bertz CT molecular complexity index is 1720. The van der Waals surface area contributed by atoms with Gasteiger partial charge in [0, 0.05) is 41.1 Å². The van der Waals surface area contributed by atoms with Gasteiger partial charge in [-0.25, -0.2) is 4.39 Å². The summed E-state index contributed by atoms with van der Waals surface area (Å²) in [4.78, 5) is 16.5. The Morgan fingerprint density at radius 1 is 1.21 bits per heavy atom. The number of carbonyl (C=O) groups is 1. The normalized spacial score (nSPS) is 15.4. The molecule has 1 aliphatic rings. The van der Waals surface area contributed by atoms with E-state index in [0.29, 0.717) is 51.6 Å². The van der Waals surface area contributed by atoms with Crippen LogP contribution in [-0.4, -0.2) is 42.7 Å². The number of hydrogen-bond donors (Lipinski definition) is 2. The van der Waals surface area contributed by atoms with Crippen LogP contribution in [0.5, 0.6) is 11.5 Å². The molecule has 10 heteroatoms. The Morgan fingerprint density at radius 2 is 1.96 bits per heavy atom. The van der Waals surface area contributed by atoms with Crippen LogP contribution in [0.25, 0.3) is 11.1 Å². The SMILES string of the molecule is C=N/C=C(\C=C(/C)C#N)COc1cc(O[C@H]2CCc3c(-c4ccccc4F)cccc32)c(Cl)cc1CN[C@@H](CO)C(=O)OC(C)(C)C. The van der Waals surface area contributed by atoms with Gasteiger partial charge < -0.3 is 19.3 Å². The fraction of sp³-hybridized carbons (Fsp3) is 0.324. The van der Waals surface area contributed by atoms with Gasteiger partial charge in [-0.05, 0) is 82.2 Å². The largest absolute Gasteiger partial charge is 0.488 e. The van der Waals surface area contributed by atoms with E-state index < -0.39 is 24.2 Å². The van der Waals surface area contributed by atoms with E-state index in [1.807, 2.05) is 24.3 Å². The first kappa shape index (κ1) is 35.4. The molecule has 1 aliphatic carbocycles. The van der Waals surface area contributed by atoms with Crippen molar-refractivity contribution >= 4 is 24.3 Å². The Balaban J connectivity index is 1.64. The zero-order chi connectivity index (χ0) is 34.1. The minimum Gasteiger partial charge on any atom is -0.488 e. The van der Waals surface area contributed by atoms with Crippen molar-refractivity contribution in [3.63, 3.8) is 0 Å². The monoisotopic (exact) mass is 659 g/mol. The lowest BCUT2D eigenvalue weighted by Crippen LogP contribution is -2.43. The van der Waals surface area contributed by atoms with Gasteiger partial charge in [-0.15, -0.1) is 0 Å². The summed E-state index contributed by atoms with van der Waals surface area (Å²) in [6.45, 7) is 10.1. The molecule has 0 spiro atoms. The Labute approximate surface area is 280 Å². The second-order valence-corrected chi connectivity index (χ2v) is 12.6. The van der Waals surface area contributed by atoms with Crippen molar-refractivity contribution in [1.29, 1.82) is 5.26 Å². The highest BCUT2D eigenvalue weighted by Crippen LogP contribution is 2.43. The van der Waals surface area contributed by atoms with E-state index in [1.54, 1.807) is 58.0 Å². The van der Waals surface area contributed by atoms with E-state index in [4.69, 9.17) is 25.8 Å². The van der Waals surface area contributed by atoms with Crippen LogP contribution in [0.15, 0.2) is 83.0 Å². The fourth-order valence-electron chi connectivity index (χ4n) is 5.30. The van der Waals surface area contributed by atoms with Gasteiger partial charge in [-0.2, -0.15) is 5.26 Å². The lowest BCUT2D eigenvalue weighted by Gasteiger charge is -2.24. The van der Waals surface area contributed by atoms with E-state index in [2.05, 4.69) is 23.1 Å². The van der Waals surface area contributed by atoms with Crippen molar-refractivity contribution in [3.05, 3.63) is 106 Å². The van der Waals surface area contributed by atoms with E-state index in [1.165, 1.54) is 12.3 Å². The molecule has 8 nitrogen and oxygen atoms in total. The molecule has 2 atom stereocenters. The fourth-order valence-corrected chi connectivity index (χ4v) is 5.53. The van der Waals surface area contributed by atoms with Crippen LogP contribution in [0.2, 0.25) is 5.02 Å². The van der Waals surface area contributed by atoms with Crippen molar-refractivity contribution in [2.75, 3.05) is 13.2 Å². The standard InChI is InChI=1S/C37H39ClFN3O5/c1-23(18-40)15-24(19-41-5)22-45-34-17-35(30(38)16-25(34)20-42-32(21-43)36(44)47-37(2,3)4)46-33-14-13-27-26(10-8-11-29(27)33)28-9-6-7-12-31(28)39/h6-12,15-17,19,32-33,42-43H,5,13-14,20-22H2,1-4H3/b23-15+,24-19+/t32-,33-/m0/s1. The number of aliphatic imine (C=N–C) groups is 1. The van der Waals surface area contributed by atoms with Crippen LogP contribution < -0.4 is 14.8 Å². The van der Waals surface area contributed by atoms with Gasteiger partial charge >= 0.3 is 5.97 Å². The minimum atomic E-state index is -0.989. The quantitative estimate of drug-likeness (QED) is 0.0849. The molecular formula is C37H39ClFN3O5. The number of fused-ring (bicyclic) bond motifs is 1. The summed E-state index contributed by atoms with van der Waals surface area (Å²) in [5.74, 6) is -0.104. The number of carbonyl (C=O) groups excluding carboxylic acids is 1. The first-order valence-electron chi connectivity index (χ1n) is 15.2. The number of esters is 1. The van der Waals surface area contributed by atoms with Crippen LogP contribution in [0, 0.1) is 17.1 Å². The number of aliphatic hydroxyl groups is 1. The molecule has 0 aromatic heterocycles. The zero-order valence-corrected chi connectivity index (χ0v) is 27.7. The van der Waals surface area contributed by atoms with Crippen LogP contribution in [0.3, 0.4) is 0 Å². The average Bonchev–Trinajstić information content (AvgIpc) is 3.44. The molecule has 3 aromatic carbocycles. The highest BCUT2D eigenvalue weighted by atomic mass is 35.5. The van der Waals surface area contributed by atoms with Crippen molar-refractivity contribution in [3.8, 4) is 28.7 Å².